The van der Waals surface area contributed by atoms with Crippen LogP contribution in [0.2, 0.25) is 0 Å². The van der Waals surface area contributed by atoms with Gasteiger partial charge in [0.15, 0.2) is 0 Å². The van der Waals surface area contributed by atoms with Crippen molar-refractivity contribution in [2.75, 3.05) is 0 Å². The van der Waals surface area contributed by atoms with Gasteiger partial charge in [0.1, 0.15) is 0 Å². The molecule has 0 fully saturated rings. The van der Waals surface area contributed by atoms with Crippen LogP contribution in [0.15, 0.2) is 12.2 Å². The lowest BCUT2D eigenvalue weighted by Crippen LogP contribution is -2.14. The number of hydrogen-bond acceptors (Lipinski definition) is 2. The maximum Gasteiger partial charge on any atom is 0.0745 e. The molecule has 2 unspecified atom stereocenters. The third-order valence-electron chi connectivity index (χ3n) is 1.83. The first-order valence-corrected chi connectivity index (χ1v) is 4.15. The summed E-state index contributed by atoms with van der Waals surface area (Å²) in [6.07, 6.45) is 1.12. The molecule has 66 valence electrons. The fourth-order valence-electron chi connectivity index (χ4n) is 0.872. The lowest BCUT2D eigenvalue weighted by molar-refractivity contribution is 0.147. The normalized spacial score (nSPS) is 16.0. The van der Waals surface area contributed by atoms with Gasteiger partial charge >= 0.3 is 0 Å². The fraction of sp³-hybridized carbons (Fsp3) is 0.778. The molecule has 0 aliphatic heterocycles. The molecule has 0 aromatic heterocycles. The molecule has 0 bridgehead atoms. The second-order valence-electron chi connectivity index (χ2n) is 2.85. The highest BCUT2D eigenvalue weighted by Gasteiger charge is 2.09. The van der Waals surface area contributed by atoms with E-state index in [1.54, 1.807) is 0 Å². The minimum absolute atomic E-state index is 0.344. The van der Waals surface area contributed by atoms with Crippen molar-refractivity contribution in [3.05, 3.63) is 12.2 Å². The van der Waals surface area contributed by atoms with Gasteiger partial charge < -0.3 is 10.2 Å². The van der Waals surface area contributed by atoms with Gasteiger partial charge in [0.05, 0.1) is 12.2 Å². The maximum absolute atomic E-state index is 9.26. The Labute approximate surface area is 68.6 Å². The molecule has 0 aromatic rings. The van der Waals surface area contributed by atoms with Crippen LogP contribution < -0.4 is 0 Å². The van der Waals surface area contributed by atoms with Crippen molar-refractivity contribution in [1.82, 2.24) is 0 Å². The first kappa shape index (κ1) is 10.7. The summed E-state index contributed by atoms with van der Waals surface area (Å²) in [5.74, 6) is 0. The Morgan fingerprint density at radius 1 is 1.27 bits per heavy atom. The zero-order valence-corrected chi connectivity index (χ0v) is 7.38. The van der Waals surface area contributed by atoms with E-state index in [0.29, 0.717) is 12.8 Å². The largest absolute Gasteiger partial charge is 0.393 e. The summed E-state index contributed by atoms with van der Waals surface area (Å²) >= 11 is 0. The minimum atomic E-state index is -0.448. The lowest BCUT2D eigenvalue weighted by atomic mass is 10.0. The van der Waals surface area contributed by atoms with E-state index in [2.05, 4.69) is 6.58 Å². The monoisotopic (exact) mass is 158 g/mol. The van der Waals surface area contributed by atoms with Crippen molar-refractivity contribution in [1.29, 1.82) is 0 Å². The smallest absolute Gasteiger partial charge is 0.0745 e. The van der Waals surface area contributed by atoms with Gasteiger partial charge in [-0.3, -0.25) is 0 Å². The number of aliphatic hydroxyl groups is 2. The molecule has 0 rings (SSSR count). The van der Waals surface area contributed by atoms with Crippen molar-refractivity contribution >= 4 is 0 Å². The fourth-order valence-corrected chi connectivity index (χ4v) is 0.872. The molecule has 0 aliphatic carbocycles. The molecule has 2 nitrogen and oxygen atoms in total. The predicted octanol–water partition coefficient (Wildman–Crippen LogP) is 1.47. The molecule has 0 saturated heterocycles. The molecule has 11 heavy (non-hydrogen) atoms. The topological polar surface area (TPSA) is 40.5 Å². The van der Waals surface area contributed by atoms with E-state index in [4.69, 9.17) is 0 Å². The van der Waals surface area contributed by atoms with Gasteiger partial charge in [0.25, 0.3) is 0 Å². The van der Waals surface area contributed by atoms with Crippen LogP contribution in [0.4, 0.5) is 0 Å². The number of hydrogen-bond donors (Lipinski definition) is 2. The summed E-state index contributed by atoms with van der Waals surface area (Å²) in [6, 6.07) is 0. The van der Waals surface area contributed by atoms with Crippen LogP contribution in [0.3, 0.4) is 0 Å². The Kier molecular flexibility index (Phi) is 5.16. The van der Waals surface area contributed by atoms with Crippen LogP contribution in [0, 0.1) is 0 Å². The summed E-state index contributed by atoms with van der Waals surface area (Å²) in [7, 11) is 0. The Morgan fingerprint density at radius 3 is 2.18 bits per heavy atom. The van der Waals surface area contributed by atoms with Crippen LogP contribution in [0.1, 0.15) is 33.1 Å². The van der Waals surface area contributed by atoms with E-state index in [9.17, 15) is 10.2 Å². The predicted molar refractivity (Wildman–Crippen MR) is 46.4 cm³/mol. The molecule has 0 amide bonds. The Hall–Kier alpha value is -0.340. The molecule has 2 N–H and O–H groups in total. The molecule has 2 atom stereocenters. The third-order valence-corrected chi connectivity index (χ3v) is 1.83. The standard InChI is InChI=1S/C9H18O2/c1-4-8(10)6-7(3)9(11)5-2/h8-11H,3-6H2,1-2H3. The van der Waals surface area contributed by atoms with Crippen LogP contribution in [-0.2, 0) is 0 Å². The Bertz CT molecular complexity index is 121. The molecular formula is C9H18O2. The average Bonchev–Trinajstić information content (AvgIpc) is 2.02. The van der Waals surface area contributed by atoms with Gasteiger partial charge in [0.2, 0.25) is 0 Å². The van der Waals surface area contributed by atoms with E-state index >= 15 is 0 Å². The Morgan fingerprint density at radius 2 is 1.82 bits per heavy atom. The van der Waals surface area contributed by atoms with E-state index in [1.807, 2.05) is 13.8 Å². The van der Waals surface area contributed by atoms with Crippen molar-refractivity contribution in [3.8, 4) is 0 Å². The SMILES string of the molecule is C=C(CC(O)CC)C(O)CC. The molecule has 0 heterocycles. The number of aliphatic hydroxyl groups excluding tert-OH is 2. The highest BCUT2D eigenvalue weighted by Crippen LogP contribution is 2.12. The highest BCUT2D eigenvalue weighted by atomic mass is 16.3. The van der Waals surface area contributed by atoms with Crippen molar-refractivity contribution in [2.45, 2.75) is 45.3 Å². The highest BCUT2D eigenvalue weighted by molar-refractivity contribution is 5.02. The van der Waals surface area contributed by atoms with E-state index in [-0.39, 0.29) is 6.10 Å². The van der Waals surface area contributed by atoms with E-state index < -0.39 is 6.10 Å². The van der Waals surface area contributed by atoms with Crippen molar-refractivity contribution in [3.63, 3.8) is 0 Å². The van der Waals surface area contributed by atoms with Gasteiger partial charge in [-0.05, 0) is 24.8 Å². The quantitative estimate of drug-likeness (QED) is 0.595. The van der Waals surface area contributed by atoms with Crippen molar-refractivity contribution < 1.29 is 10.2 Å². The van der Waals surface area contributed by atoms with Crippen LogP contribution in [0.5, 0.6) is 0 Å². The van der Waals surface area contributed by atoms with Gasteiger partial charge in [0, 0.05) is 0 Å². The minimum Gasteiger partial charge on any atom is -0.393 e. The van der Waals surface area contributed by atoms with Gasteiger partial charge in [-0.1, -0.05) is 20.4 Å². The van der Waals surface area contributed by atoms with Gasteiger partial charge in [-0.15, -0.1) is 0 Å². The lowest BCUT2D eigenvalue weighted by Gasteiger charge is -2.14. The first-order chi connectivity index (χ1) is 5.11. The van der Waals surface area contributed by atoms with Gasteiger partial charge in [-0.25, -0.2) is 0 Å². The molecule has 0 aliphatic rings. The van der Waals surface area contributed by atoms with Crippen LogP contribution in [0.25, 0.3) is 0 Å². The maximum atomic E-state index is 9.26. The van der Waals surface area contributed by atoms with Crippen LogP contribution in [-0.4, -0.2) is 22.4 Å². The van der Waals surface area contributed by atoms with Crippen molar-refractivity contribution in [2.24, 2.45) is 0 Å². The molecule has 0 radical (unpaired) electrons. The Balaban J connectivity index is 3.68. The summed E-state index contributed by atoms with van der Waals surface area (Å²) in [4.78, 5) is 0. The summed E-state index contributed by atoms with van der Waals surface area (Å²) in [6.45, 7) is 7.51. The third kappa shape index (κ3) is 4.17. The second kappa shape index (κ2) is 5.33. The summed E-state index contributed by atoms with van der Waals surface area (Å²) < 4.78 is 0. The zero-order chi connectivity index (χ0) is 8.85. The van der Waals surface area contributed by atoms with E-state index in [0.717, 1.165) is 12.0 Å². The van der Waals surface area contributed by atoms with E-state index in [1.165, 1.54) is 0 Å². The zero-order valence-electron chi connectivity index (χ0n) is 7.38. The molecule has 0 saturated carbocycles. The molecule has 0 spiro atoms. The summed E-state index contributed by atoms with van der Waals surface area (Å²) in [5, 5.41) is 18.5. The molecule has 2 heteroatoms. The molecule has 0 aromatic carbocycles. The van der Waals surface area contributed by atoms with Gasteiger partial charge in [-0.2, -0.15) is 0 Å². The van der Waals surface area contributed by atoms with Crippen LogP contribution >= 0.6 is 0 Å². The number of rotatable bonds is 5. The second-order valence-corrected chi connectivity index (χ2v) is 2.85. The first-order valence-electron chi connectivity index (χ1n) is 4.15. The summed E-state index contributed by atoms with van der Waals surface area (Å²) in [5.41, 5.74) is 0.738. The average molecular weight is 158 g/mol. The molecular weight excluding hydrogens is 140 g/mol.